The van der Waals surface area contributed by atoms with Crippen molar-refractivity contribution in [3.63, 3.8) is 0 Å². The normalized spacial score (nSPS) is 17.3. The van der Waals surface area contributed by atoms with Gasteiger partial charge in [0.25, 0.3) is 11.5 Å². The highest BCUT2D eigenvalue weighted by molar-refractivity contribution is 6.04. The number of hydrogen-bond donors (Lipinski definition) is 2. The quantitative estimate of drug-likeness (QED) is 0.889. The van der Waals surface area contributed by atoms with Crippen LogP contribution in [0.25, 0.3) is 0 Å². The number of piperidine rings is 1. The maximum Gasteiger partial charge on any atom is 0.263 e. The van der Waals surface area contributed by atoms with Crippen LogP contribution in [0.5, 0.6) is 0 Å². The molecule has 1 atom stereocenters. The number of anilines is 1. The van der Waals surface area contributed by atoms with E-state index in [1.165, 1.54) is 6.20 Å². The van der Waals surface area contributed by atoms with Gasteiger partial charge >= 0.3 is 0 Å². The van der Waals surface area contributed by atoms with Gasteiger partial charge in [-0.15, -0.1) is 0 Å². The van der Waals surface area contributed by atoms with Crippen LogP contribution in [-0.2, 0) is 6.54 Å². The molecule has 1 amide bonds. The minimum absolute atomic E-state index is 0.0792. The average Bonchev–Trinajstić information content (AvgIpc) is 2.58. The second kappa shape index (κ2) is 7.57. The Kier molecular flexibility index (Phi) is 5.23. The summed E-state index contributed by atoms with van der Waals surface area (Å²) < 4.78 is 14.8. The Morgan fingerprint density at radius 3 is 3.04 bits per heavy atom. The lowest BCUT2D eigenvalue weighted by Gasteiger charge is -2.23. The standard InChI is InChI=1S/C18H21FN4O2/c1-12-4-6-23(11-13-3-2-5-20-8-13)18(25)16(12)17(24)22-15-7-14(19)9-21-10-15/h4,6-7,9-10,13,20H,2-3,5,8,11H2,1H3,(H,22,24). The fourth-order valence-corrected chi connectivity index (χ4v) is 3.12. The molecule has 0 radical (unpaired) electrons. The van der Waals surface area contributed by atoms with Gasteiger partial charge in [0.15, 0.2) is 0 Å². The number of amides is 1. The van der Waals surface area contributed by atoms with E-state index in [2.05, 4.69) is 15.6 Å². The minimum Gasteiger partial charge on any atom is -0.320 e. The molecule has 2 N–H and O–H groups in total. The zero-order chi connectivity index (χ0) is 17.8. The van der Waals surface area contributed by atoms with Gasteiger partial charge in [-0.3, -0.25) is 14.6 Å². The van der Waals surface area contributed by atoms with Crippen LogP contribution in [0, 0.1) is 18.7 Å². The first-order chi connectivity index (χ1) is 12.0. The topological polar surface area (TPSA) is 76.0 Å². The predicted octanol–water partition coefficient (Wildman–Crippen LogP) is 1.94. The van der Waals surface area contributed by atoms with Gasteiger partial charge in [-0.25, -0.2) is 4.39 Å². The number of carbonyl (C=O) groups excluding carboxylic acids is 1. The van der Waals surface area contributed by atoms with E-state index < -0.39 is 11.7 Å². The molecule has 0 spiro atoms. The van der Waals surface area contributed by atoms with Crippen molar-refractivity contribution in [1.82, 2.24) is 14.9 Å². The third kappa shape index (κ3) is 4.11. The maximum absolute atomic E-state index is 13.2. The molecule has 1 aliphatic rings. The largest absolute Gasteiger partial charge is 0.320 e. The van der Waals surface area contributed by atoms with E-state index in [4.69, 9.17) is 0 Å². The Morgan fingerprint density at radius 1 is 1.48 bits per heavy atom. The highest BCUT2D eigenvalue weighted by Crippen LogP contribution is 2.13. The molecule has 6 nitrogen and oxygen atoms in total. The predicted molar refractivity (Wildman–Crippen MR) is 93.2 cm³/mol. The first kappa shape index (κ1) is 17.3. The minimum atomic E-state index is -0.551. The van der Waals surface area contributed by atoms with E-state index in [1.807, 2.05) is 0 Å². The van der Waals surface area contributed by atoms with Crippen LogP contribution in [0.15, 0.2) is 35.5 Å². The SMILES string of the molecule is Cc1ccn(CC2CCCNC2)c(=O)c1C(=O)Nc1cncc(F)c1. The highest BCUT2D eigenvalue weighted by atomic mass is 19.1. The molecule has 0 bridgehead atoms. The molecule has 3 rings (SSSR count). The zero-order valence-electron chi connectivity index (χ0n) is 14.1. The first-order valence-electron chi connectivity index (χ1n) is 8.37. The van der Waals surface area contributed by atoms with E-state index >= 15 is 0 Å². The van der Waals surface area contributed by atoms with Gasteiger partial charge in [-0.05, 0) is 50.4 Å². The molecular weight excluding hydrogens is 323 g/mol. The molecule has 1 aliphatic heterocycles. The summed E-state index contributed by atoms with van der Waals surface area (Å²) in [5.74, 6) is -0.728. The third-order valence-corrected chi connectivity index (χ3v) is 4.42. The molecule has 0 aromatic carbocycles. The van der Waals surface area contributed by atoms with E-state index in [9.17, 15) is 14.0 Å². The van der Waals surface area contributed by atoms with E-state index in [0.717, 1.165) is 38.2 Å². The second-order valence-electron chi connectivity index (χ2n) is 6.39. The van der Waals surface area contributed by atoms with Crippen LogP contribution in [-0.4, -0.2) is 28.5 Å². The molecule has 0 saturated carbocycles. The van der Waals surface area contributed by atoms with Gasteiger partial charge in [0.05, 0.1) is 18.1 Å². The van der Waals surface area contributed by atoms with Crippen molar-refractivity contribution >= 4 is 11.6 Å². The Bertz CT molecular complexity index is 828. The molecule has 1 unspecified atom stereocenters. The van der Waals surface area contributed by atoms with Gasteiger partial charge in [0.1, 0.15) is 11.4 Å². The number of rotatable bonds is 4. The summed E-state index contributed by atoms with van der Waals surface area (Å²) >= 11 is 0. The lowest BCUT2D eigenvalue weighted by Crippen LogP contribution is -2.36. The number of pyridine rings is 2. The van der Waals surface area contributed by atoms with Crippen molar-refractivity contribution in [3.8, 4) is 0 Å². The van der Waals surface area contributed by atoms with Crippen LogP contribution in [0.2, 0.25) is 0 Å². The lowest BCUT2D eigenvalue weighted by molar-refractivity contribution is 0.102. The van der Waals surface area contributed by atoms with Crippen LogP contribution in [0.1, 0.15) is 28.8 Å². The highest BCUT2D eigenvalue weighted by Gasteiger charge is 2.19. The van der Waals surface area contributed by atoms with Crippen molar-refractivity contribution in [3.05, 3.63) is 58.0 Å². The van der Waals surface area contributed by atoms with Gasteiger partial charge in [-0.1, -0.05) is 0 Å². The molecule has 25 heavy (non-hydrogen) atoms. The number of nitrogens with one attached hydrogen (secondary N) is 2. The summed E-state index contributed by atoms with van der Waals surface area (Å²) in [4.78, 5) is 29.0. The summed E-state index contributed by atoms with van der Waals surface area (Å²) in [5, 5.41) is 5.87. The van der Waals surface area contributed by atoms with Gasteiger partial charge in [0, 0.05) is 18.8 Å². The Hall–Kier alpha value is -2.54. The molecule has 1 fully saturated rings. The zero-order valence-corrected chi connectivity index (χ0v) is 14.1. The Balaban J connectivity index is 1.83. The Morgan fingerprint density at radius 2 is 2.32 bits per heavy atom. The van der Waals surface area contributed by atoms with E-state index in [-0.39, 0.29) is 16.8 Å². The first-order valence-corrected chi connectivity index (χ1v) is 8.37. The smallest absolute Gasteiger partial charge is 0.263 e. The van der Waals surface area contributed by atoms with Crippen molar-refractivity contribution in [2.75, 3.05) is 18.4 Å². The number of nitrogens with zero attached hydrogens (tertiary/aromatic N) is 2. The number of carbonyl (C=O) groups is 1. The molecule has 3 heterocycles. The van der Waals surface area contributed by atoms with Gasteiger partial charge < -0.3 is 15.2 Å². The van der Waals surface area contributed by atoms with Crippen molar-refractivity contribution < 1.29 is 9.18 Å². The monoisotopic (exact) mass is 344 g/mol. The number of hydrogen-bond acceptors (Lipinski definition) is 4. The average molecular weight is 344 g/mol. The van der Waals surface area contributed by atoms with Gasteiger partial charge in [-0.2, -0.15) is 0 Å². The van der Waals surface area contributed by atoms with Crippen LogP contribution >= 0.6 is 0 Å². The summed E-state index contributed by atoms with van der Waals surface area (Å²) in [5.41, 5.74) is 0.559. The molecular formula is C18H21FN4O2. The second-order valence-corrected chi connectivity index (χ2v) is 6.39. The van der Waals surface area contributed by atoms with E-state index in [1.54, 1.807) is 23.8 Å². The number of aryl methyl sites for hydroxylation is 1. The van der Waals surface area contributed by atoms with Crippen LogP contribution in [0.3, 0.4) is 0 Å². The fourth-order valence-electron chi connectivity index (χ4n) is 3.12. The summed E-state index contributed by atoms with van der Waals surface area (Å²) in [7, 11) is 0. The van der Waals surface area contributed by atoms with Gasteiger partial charge in [0.2, 0.25) is 0 Å². The molecule has 1 saturated heterocycles. The van der Waals surface area contributed by atoms with Crippen molar-refractivity contribution in [1.29, 1.82) is 0 Å². The van der Waals surface area contributed by atoms with E-state index in [0.29, 0.717) is 18.0 Å². The van der Waals surface area contributed by atoms with Crippen molar-refractivity contribution in [2.45, 2.75) is 26.3 Å². The van der Waals surface area contributed by atoms with Crippen LogP contribution < -0.4 is 16.2 Å². The summed E-state index contributed by atoms with van der Waals surface area (Å²) in [6, 6.07) is 2.92. The molecule has 132 valence electrons. The fraction of sp³-hybridized carbons (Fsp3) is 0.389. The van der Waals surface area contributed by atoms with Crippen LogP contribution in [0.4, 0.5) is 10.1 Å². The molecule has 2 aromatic heterocycles. The van der Waals surface area contributed by atoms with Crippen molar-refractivity contribution in [2.24, 2.45) is 5.92 Å². The Labute approximate surface area is 145 Å². The molecule has 7 heteroatoms. The number of aromatic nitrogens is 2. The summed E-state index contributed by atoms with van der Waals surface area (Å²) in [6.07, 6.45) is 6.27. The molecule has 0 aliphatic carbocycles. The number of halogens is 1. The third-order valence-electron chi connectivity index (χ3n) is 4.42. The molecule has 2 aromatic rings. The lowest BCUT2D eigenvalue weighted by atomic mass is 9.99. The maximum atomic E-state index is 13.2. The summed E-state index contributed by atoms with van der Waals surface area (Å²) in [6.45, 7) is 4.17.